The van der Waals surface area contributed by atoms with E-state index >= 15 is 0 Å². The van der Waals surface area contributed by atoms with E-state index in [0.29, 0.717) is 18.6 Å². The summed E-state index contributed by atoms with van der Waals surface area (Å²) in [5.74, 6) is 0.316. The minimum absolute atomic E-state index is 0.316. The standard InChI is InChI=1S/C8H11NOS/c1-2-3-7(10)4-8-5-9-6-11-8/h5-6H,2-4H2,1H3. The Kier molecular flexibility index (Phi) is 3.23. The molecule has 0 saturated heterocycles. The summed E-state index contributed by atoms with van der Waals surface area (Å²) >= 11 is 1.55. The molecule has 0 aliphatic carbocycles. The smallest absolute Gasteiger partial charge is 0.138 e. The van der Waals surface area contributed by atoms with Crippen molar-refractivity contribution in [3.05, 3.63) is 16.6 Å². The fraction of sp³-hybridized carbons (Fsp3) is 0.500. The van der Waals surface area contributed by atoms with Gasteiger partial charge in [-0.1, -0.05) is 6.92 Å². The lowest BCUT2D eigenvalue weighted by molar-refractivity contribution is -0.118. The average molecular weight is 169 g/mol. The predicted molar refractivity (Wildman–Crippen MR) is 45.7 cm³/mol. The molecule has 0 saturated carbocycles. The van der Waals surface area contributed by atoms with Crippen molar-refractivity contribution < 1.29 is 4.79 Å². The van der Waals surface area contributed by atoms with Crippen molar-refractivity contribution in [3.8, 4) is 0 Å². The van der Waals surface area contributed by atoms with Crippen LogP contribution in [0.4, 0.5) is 0 Å². The molecule has 0 aromatic carbocycles. The molecule has 0 atom stereocenters. The zero-order valence-electron chi connectivity index (χ0n) is 6.54. The van der Waals surface area contributed by atoms with Crippen LogP contribution in [-0.4, -0.2) is 10.8 Å². The second-order valence-corrected chi connectivity index (χ2v) is 3.40. The molecule has 2 nitrogen and oxygen atoms in total. The number of ketones is 1. The molecule has 0 bridgehead atoms. The van der Waals surface area contributed by atoms with E-state index in [1.807, 2.05) is 6.92 Å². The Morgan fingerprint density at radius 1 is 1.73 bits per heavy atom. The van der Waals surface area contributed by atoms with E-state index in [1.165, 1.54) is 0 Å². The highest BCUT2D eigenvalue weighted by molar-refractivity contribution is 7.09. The highest BCUT2D eigenvalue weighted by Gasteiger charge is 2.02. The van der Waals surface area contributed by atoms with E-state index < -0.39 is 0 Å². The third kappa shape index (κ3) is 2.80. The molecule has 0 aliphatic rings. The van der Waals surface area contributed by atoms with Gasteiger partial charge in [0.25, 0.3) is 0 Å². The number of hydrogen-bond donors (Lipinski definition) is 0. The van der Waals surface area contributed by atoms with E-state index in [0.717, 1.165) is 11.3 Å². The maximum Gasteiger partial charge on any atom is 0.138 e. The second kappa shape index (κ2) is 4.23. The molecule has 3 heteroatoms. The first-order chi connectivity index (χ1) is 5.33. The highest BCUT2D eigenvalue weighted by Crippen LogP contribution is 2.07. The van der Waals surface area contributed by atoms with E-state index in [2.05, 4.69) is 4.98 Å². The third-order valence-corrected chi connectivity index (χ3v) is 2.16. The van der Waals surface area contributed by atoms with Crippen molar-refractivity contribution in [2.45, 2.75) is 26.2 Å². The van der Waals surface area contributed by atoms with E-state index in [9.17, 15) is 4.79 Å². The summed E-state index contributed by atoms with van der Waals surface area (Å²) in [7, 11) is 0. The monoisotopic (exact) mass is 169 g/mol. The Morgan fingerprint density at radius 3 is 3.09 bits per heavy atom. The van der Waals surface area contributed by atoms with Crippen LogP contribution in [0.25, 0.3) is 0 Å². The van der Waals surface area contributed by atoms with Crippen LogP contribution in [0.1, 0.15) is 24.6 Å². The molecule has 0 N–H and O–H groups in total. The van der Waals surface area contributed by atoms with Crippen molar-refractivity contribution in [3.63, 3.8) is 0 Å². The van der Waals surface area contributed by atoms with Crippen molar-refractivity contribution in [2.24, 2.45) is 0 Å². The van der Waals surface area contributed by atoms with Gasteiger partial charge in [-0.15, -0.1) is 11.3 Å². The molecule has 0 radical (unpaired) electrons. The summed E-state index contributed by atoms with van der Waals surface area (Å²) in [5.41, 5.74) is 1.76. The van der Waals surface area contributed by atoms with Crippen molar-refractivity contribution in [1.82, 2.24) is 4.98 Å². The molecule has 0 unspecified atom stereocenters. The van der Waals surface area contributed by atoms with Crippen LogP contribution >= 0.6 is 11.3 Å². The van der Waals surface area contributed by atoms with Crippen LogP contribution in [0.3, 0.4) is 0 Å². The molecule has 0 amide bonds. The second-order valence-electron chi connectivity index (χ2n) is 2.43. The molecular weight excluding hydrogens is 158 g/mol. The van der Waals surface area contributed by atoms with Crippen LogP contribution in [0.15, 0.2) is 11.7 Å². The molecule has 0 aliphatic heterocycles. The number of rotatable bonds is 4. The van der Waals surface area contributed by atoms with Gasteiger partial charge in [-0.25, -0.2) is 0 Å². The summed E-state index contributed by atoms with van der Waals surface area (Å²) in [6.45, 7) is 2.02. The maximum atomic E-state index is 11.1. The summed E-state index contributed by atoms with van der Waals surface area (Å²) in [6, 6.07) is 0. The normalized spacial score (nSPS) is 9.91. The number of hydrogen-bond acceptors (Lipinski definition) is 3. The first-order valence-electron chi connectivity index (χ1n) is 3.72. The average Bonchev–Trinajstić information content (AvgIpc) is 2.40. The lowest BCUT2D eigenvalue weighted by atomic mass is 10.2. The number of carbonyl (C=O) groups excluding carboxylic acids is 1. The minimum Gasteiger partial charge on any atom is -0.299 e. The van der Waals surface area contributed by atoms with Crippen LogP contribution in [0.5, 0.6) is 0 Å². The van der Waals surface area contributed by atoms with Crippen LogP contribution in [0, 0.1) is 0 Å². The fourth-order valence-corrected chi connectivity index (χ4v) is 1.51. The van der Waals surface area contributed by atoms with Crippen molar-refractivity contribution in [2.75, 3.05) is 0 Å². The Labute approximate surface area is 70.3 Å². The molecular formula is C8H11NOS. The molecule has 0 spiro atoms. The topological polar surface area (TPSA) is 30.0 Å². The Morgan fingerprint density at radius 2 is 2.55 bits per heavy atom. The summed E-state index contributed by atoms with van der Waals surface area (Å²) in [6.07, 6.45) is 3.96. The third-order valence-electron chi connectivity index (χ3n) is 1.38. The SMILES string of the molecule is CCCC(=O)Cc1cncs1. The van der Waals surface area contributed by atoms with Gasteiger partial charge in [0.05, 0.1) is 5.51 Å². The van der Waals surface area contributed by atoms with Gasteiger partial charge in [0.15, 0.2) is 0 Å². The maximum absolute atomic E-state index is 11.1. The highest BCUT2D eigenvalue weighted by atomic mass is 32.1. The Bertz CT molecular complexity index is 218. The van der Waals surface area contributed by atoms with Gasteiger partial charge in [-0.3, -0.25) is 9.78 Å². The first-order valence-corrected chi connectivity index (χ1v) is 4.60. The lowest BCUT2D eigenvalue weighted by Crippen LogP contribution is -1.99. The largest absolute Gasteiger partial charge is 0.299 e. The predicted octanol–water partition coefficient (Wildman–Crippen LogP) is 2.05. The zero-order chi connectivity index (χ0) is 8.10. The number of aromatic nitrogens is 1. The fourth-order valence-electron chi connectivity index (χ4n) is 0.891. The summed E-state index contributed by atoms with van der Waals surface area (Å²) in [5, 5.41) is 0. The van der Waals surface area contributed by atoms with Gasteiger partial charge in [0.1, 0.15) is 5.78 Å². The van der Waals surface area contributed by atoms with Crippen LogP contribution < -0.4 is 0 Å². The number of Topliss-reactive ketones (excluding diaryl/α,β-unsaturated/α-hetero) is 1. The summed E-state index contributed by atoms with van der Waals surface area (Å²) < 4.78 is 0. The van der Waals surface area contributed by atoms with Gasteiger partial charge in [-0.2, -0.15) is 0 Å². The zero-order valence-corrected chi connectivity index (χ0v) is 7.36. The lowest BCUT2D eigenvalue weighted by Gasteiger charge is -1.93. The van der Waals surface area contributed by atoms with Gasteiger partial charge < -0.3 is 0 Å². The quantitative estimate of drug-likeness (QED) is 0.690. The molecule has 1 rings (SSSR count). The first kappa shape index (κ1) is 8.40. The molecule has 60 valence electrons. The minimum atomic E-state index is 0.316. The van der Waals surface area contributed by atoms with Crippen molar-refractivity contribution in [1.29, 1.82) is 0 Å². The van der Waals surface area contributed by atoms with Gasteiger partial charge in [0, 0.05) is 23.9 Å². The van der Waals surface area contributed by atoms with E-state index in [-0.39, 0.29) is 0 Å². The summed E-state index contributed by atoms with van der Waals surface area (Å²) in [4.78, 5) is 16.1. The molecule has 1 aromatic rings. The van der Waals surface area contributed by atoms with Gasteiger partial charge in [-0.05, 0) is 6.42 Å². The van der Waals surface area contributed by atoms with E-state index in [1.54, 1.807) is 23.0 Å². The molecule has 1 heterocycles. The number of nitrogens with zero attached hydrogens (tertiary/aromatic N) is 1. The number of thiazole rings is 1. The van der Waals surface area contributed by atoms with E-state index in [4.69, 9.17) is 0 Å². The number of carbonyl (C=O) groups is 1. The molecule has 0 fully saturated rings. The van der Waals surface area contributed by atoms with Gasteiger partial charge in [0.2, 0.25) is 0 Å². The molecule has 1 aromatic heterocycles. The Balaban J connectivity index is 2.37. The molecule has 11 heavy (non-hydrogen) atoms. The van der Waals surface area contributed by atoms with Crippen molar-refractivity contribution >= 4 is 17.1 Å². The Hall–Kier alpha value is -0.700. The van der Waals surface area contributed by atoms with Gasteiger partial charge >= 0.3 is 0 Å². The van der Waals surface area contributed by atoms with Crippen LogP contribution in [-0.2, 0) is 11.2 Å². The van der Waals surface area contributed by atoms with Crippen LogP contribution in [0.2, 0.25) is 0 Å².